The van der Waals surface area contributed by atoms with Gasteiger partial charge in [0.15, 0.2) is 11.5 Å². The zero-order valence-corrected chi connectivity index (χ0v) is 11.1. The first-order valence-corrected chi connectivity index (χ1v) is 6.34. The average molecular weight is 279 g/mol. The van der Waals surface area contributed by atoms with Crippen molar-refractivity contribution in [3.63, 3.8) is 0 Å². The van der Waals surface area contributed by atoms with Gasteiger partial charge in [0.1, 0.15) is 6.04 Å². The highest BCUT2D eigenvalue weighted by Gasteiger charge is 2.46. The topological polar surface area (TPSA) is 110 Å². The van der Waals surface area contributed by atoms with E-state index in [-0.39, 0.29) is 23.9 Å². The van der Waals surface area contributed by atoms with Crippen LogP contribution in [0.3, 0.4) is 0 Å². The third kappa shape index (κ3) is 3.08. The summed E-state index contributed by atoms with van der Waals surface area (Å²) in [7, 11) is 0. The van der Waals surface area contributed by atoms with E-state index in [1.807, 2.05) is 6.92 Å². The third-order valence-electron chi connectivity index (χ3n) is 3.49. The predicted molar refractivity (Wildman–Crippen MR) is 70.4 cm³/mol. The number of ether oxygens (including phenoxy) is 1. The summed E-state index contributed by atoms with van der Waals surface area (Å²) in [4.78, 5) is 22.4. The van der Waals surface area contributed by atoms with Crippen LogP contribution >= 0.6 is 0 Å². The Kier molecular flexibility index (Phi) is 3.67. The van der Waals surface area contributed by atoms with Gasteiger partial charge >= 0.3 is 11.9 Å². The van der Waals surface area contributed by atoms with E-state index in [4.69, 9.17) is 15.6 Å². The summed E-state index contributed by atoms with van der Waals surface area (Å²) in [5.41, 5.74) is 5.55. The maximum Gasteiger partial charge on any atom is 0.320 e. The Balaban J connectivity index is 2.06. The monoisotopic (exact) mass is 279 g/mol. The Labute approximate surface area is 116 Å². The van der Waals surface area contributed by atoms with Gasteiger partial charge in [-0.15, -0.1) is 0 Å². The molecule has 0 amide bonds. The van der Waals surface area contributed by atoms with E-state index in [9.17, 15) is 14.7 Å². The second-order valence-corrected chi connectivity index (χ2v) is 5.40. The summed E-state index contributed by atoms with van der Waals surface area (Å²) in [6.45, 7) is 1.81. The van der Waals surface area contributed by atoms with Crippen LogP contribution in [-0.2, 0) is 16.0 Å². The molecule has 1 aliphatic rings. The fraction of sp³-hybridized carbons (Fsp3) is 0.429. The molecule has 0 aromatic heterocycles. The van der Waals surface area contributed by atoms with Crippen molar-refractivity contribution >= 4 is 11.9 Å². The number of phenols is 1. The van der Waals surface area contributed by atoms with Crippen molar-refractivity contribution in [2.24, 2.45) is 11.1 Å². The zero-order valence-electron chi connectivity index (χ0n) is 11.1. The number of aromatic hydroxyl groups is 1. The van der Waals surface area contributed by atoms with Gasteiger partial charge in [-0.3, -0.25) is 9.59 Å². The molecule has 1 aromatic rings. The second kappa shape index (κ2) is 5.13. The summed E-state index contributed by atoms with van der Waals surface area (Å²) >= 11 is 0. The molecule has 0 aliphatic heterocycles. The third-order valence-corrected chi connectivity index (χ3v) is 3.49. The first kappa shape index (κ1) is 14.3. The molecule has 1 aromatic carbocycles. The number of hydrogen-bond acceptors (Lipinski definition) is 5. The lowest BCUT2D eigenvalue weighted by atomic mass is 10.1. The molecule has 6 heteroatoms. The van der Waals surface area contributed by atoms with Crippen LogP contribution in [0.25, 0.3) is 0 Å². The Morgan fingerprint density at radius 2 is 2.10 bits per heavy atom. The quantitative estimate of drug-likeness (QED) is 0.549. The van der Waals surface area contributed by atoms with E-state index >= 15 is 0 Å². The van der Waals surface area contributed by atoms with Crippen molar-refractivity contribution in [3.05, 3.63) is 23.8 Å². The van der Waals surface area contributed by atoms with Crippen LogP contribution in [0.1, 0.15) is 25.3 Å². The molecule has 0 radical (unpaired) electrons. The molecule has 0 bridgehead atoms. The van der Waals surface area contributed by atoms with Crippen molar-refractivity contribution in [1.29, 1.82) is 0 Å². The number of carboxylic acid groups (broad SMARTS) is 1. The maximum absolute atomic E-state index is 11.8. The first-order chi connectivity index (χ1) is 9.32. The minimum atomic E-state index is -1.11. The molecular weight excluding hydrogens is 262 g/mol. The zero-order chi connectivity index (χ0) is 14.9. The summed E-state index contributed by atoms with van der Waals surface area (Å²) in [6, 6.07) is 3.36. The molecule has 2 rings (SSSR count). The van der Waals surface area contributed by atoms with E-state index in [2.05, 4.69) is 0 Å². The van der Waals surface area contributed by atoms with Crippen molar-refractivity contribution < 1.29 is 24.5 Å². The van der Waals surface area contributed by atoms with Gasteiger partial charge in [-0.25, -0.2) is 0 Å². The highest BCUT2D eigenvalue weighted by molar-refractivity contribution is 5.82. The van der Waals surface area contributed by atoms with E-state index in [1.165, 1.54) is 12.1 Å². The van der Waals surface area contributed by atoms with E-state index in [1.54, 1.807) is 6.07 Å². The number of carbonyl (C=O) groups is 2. The highest BCUT2D eigenvalue weighted by Crippen LogP contribution is 2.46. The molecule has 0 unspecified atom stereocenters. The number of aliphatic carboxylic acids is 1. The largest absolute Gasteiger partial charge is 0.504 e. The van der Waals surface area contributed by atoms with Gasteiger partial charge in [-0.05, 0) is 43.9 Å². The highest BCUT2D eigenvalue weighted by atomic mass is 16.5. The normalized spacial score (nSPS) is 17.3. The van der Waals surface area contributed by atoms with Crippen LogP contribution in [-0.4, -0.2) is 28.2 Å². The van der Waals surface area contributed by atoms with Crippen LogP contribution < -0.4 is 10.5 Å². The van der Waals surface area contributed by atoms with Crippen molar-refractivity contribution in [3.8, 4) is 11.5 Å². The minimum Gasteiger partial charge on any atom is -0.504 e. The molecule has 6 nitrogen and oxygen atoms in total. The number of benzene rings is 1. The van der Waals surface area contributed by atoms with Gasteiger partial charge < -0.3 is 20.7 Å². The van der Waals surface area contributed by atoms with Gasteiger partial charge in [0.2, 0.25) is 0 Å². The smallest absolute Gasteiger partial charge is 0.320 e. The van der Waals surface area contributed by atoms with E-state index in [0.717, 1.165) is 12.8 Å². The molecule has 108 valence electrons. The van der Waals surface area contributed by atoms with Crippen molar-refractivity contribution in [1.82, 2.24) is 0 Å². The van der Waals surface area contributed by atoms with Gasteiger partial charge in [0.05, 0.1) is 5.41 Å². The Morgan fingerprint density at radius 3 is 2.60 bits per heavy atom. The molecular formula is C14H17NO5. The van der Waals surface area contributed by atoms with Crippen LogP contribution in [0, 0.1) is 5.41 Å². The number of phenolic OH excluding ortho intramolecular Hbond substituents is 1. The van der Waals surface area contributed by atoms with Gasteiger partial charge in [-0.1, -0.05) is 6.07 Å². The standard InChI is InChI=1S/C14H17NO5/c1-14(4-5-14)13(19)20-11-3-2-8(7-10(11)16)6-9(15)12(17)18/h2-3,7,9,16H,4-6,15H2,1H3,(H,17,18)/t9-/m0/s1. The summed E-state index contributed by atoms with van der Waals surface area (Å²) in [6.07, 6.45) is 1.67. The average Bonchev–Trinajstić information content (AvgIpc) is 3.12. The number of carboxylic acids is 1. The number of esters is 1. The fourth-order valence-electron chi connectivity index (χ4n) is 1.73. The molecule has 0 spiro atoms. The van der Waals surface area contributed by atoms with Gasteiger partial charge in [0.25, 0.3) is 0 Å². The van der Waals surface area contributed by atoms with Crippen molar-refractivity contribution in [2.75, 3.05) is 0 Å². The second-order valence-electron chi connectivity index (χ2n) is 5.40. The van der Waals surface area contributed by atoms with E-state index < -0.39 is 17.4 Å². The number of nitrogens with two attached hydrogens (primary N) is 1. The summed E-state index contributed by atoms with van der Waals surface area (Å²) in [5.74, 6) is -1.59. The minimum absolute atomic E-state index is 0.0794. The molecule has 20 heavy (non-hydrogen) atoms. The fourth-order valence-corrected chi connectivity index (χ4v) is 1.73. The summed E-state index contributed by atoms with van der Waals surface area (Å²) < 4.78 is 5.14. The van der Waals surface area contributed by atoms with Gasteiger partial charge in [0, 0.05) is 0 Å². The van der Waals surface area contributed by atoms with Crippen LogP contribution in [0.5, 0.6) is 11.5 Å². The maximum atomic E-state index is 11.8. The summed E-state index contributed by atoms with van der Waals surface area (Å²) in [5, 5.41) is 18.5. The van der Waals surface area contributed by atoms with Crippen LogP contribution in [0.4, 0.5) is 0 Å². The molecule has 0 saturated heterocycles. The van der Waals surface area contributed by atoms with Crippen molar-refractivity contribution in [2.45, 2.75) is 32.2 Å². The molecule has 0 heterocycles. The Morgan fingerprint density at radius 1 is 1.45 bits per heavy atom. The lowest BCUT2D eigenvalue weighted by Crippen LogP contribution is -2.32. The lowest BCUT2D eigenvalue weighted by Gasteiger charge is -2.12. The Bertz CT molecular complexity index is 550. The number of hydrogen-bond donors (Lipinski definition) is 3. The molecule has 4 N–H and O–H groups in total. The molecule has 1 atom stereocenters. The molecule has 1 fully saturated rings. The van der Waals surface area contributed by atoms with Crippen LogP contribution in [0.15, 0.2) is 18.2 Å². The predicted octanol–water partition coefficient (Wildman–Crippen LogP) is 1.05. The van der Waals surface area contributed by atoms with E-state index in [0.29, 0.717) is 5.56 Å². The number of rotatable bonds is 5. The van der Waals surface area contributed by atoms with Crippen LogP contribution in [0.2, 0.25) is 0 Å². The van der Waals surface area contributed by atoms with Gasteiger partial charge in [-0.2, -0.15) is 0 Å². The molecule has 1 saturated carbocycles. The SMILES string of the molecule is CC1(C(=O)Oc2ccc(C[C@H](N)C(=O)O)cc2O)CC1. The Hall–Kier alpha value is -2.08. The number of carbonyl (C=O) groups excluding carboxylic acids is 1. The lowest BCUT2D eigenvalue weighted by molar-refractivity contribution is -0.140. The first-order valence-electron chi connectivity index (χ1n) is 6.34. The molecule has 1 aliphatic carbocycles.